The molecule has 0 amide bonds. The molecule has 1 aliphatic heterocycles. The molecular weight excluding hydrogens is 428 g/mol. The largest absolute Gasteiger partial charge is 0.466 e. The zero-order valence-electron chi connectivity index (χ0n) is 18.3. The van der Waals surface area contributed by atoms with E-state index in [1.54, 1.807) is 48.9 Å². The number of nitrogens with zero attached hydrogens (tertiary/aromatic N) is 2. The van der Waals surface area contributed by atoms with Gasteiger partial charge in [0.05, 0.1) is 17.4 Å². The van der Waals surface area contributed by atoms with Crippen LogP contribution in [0.15, 0.2) is 74.8 Å². The topological polar surface area (TPSA) is 87.1 Å². The molecule has 2 aromatic heterocycles. The SMILES string of the molecule is CS(=O)(=O)c1ccc(CN2CCCN(CCC(O)(c3ccco3)c3ccco3)CC2)cc1. The number of hydrogen-bond acceptors (Lipinski definition) is 7. The Morgan fingerprint density at radius 1 is 0.906 bits per heavy atom. The van der Waals surface area contributed by atoms with E-state index in [4.69, 9.17) is 8.83 Å². The third-order valence-corrected chi connectivity index (χ3v) is 7.21. The highest BCUT2D eigenvalue weighted by molar-refractivity contribution is 7.90. The van der Waals surface area contributed by atoms with E-state index in [0.717, 1.165) is 51.3 Å². The van der Waals surface area contributed by atoms with Crippen molar-refractivity contribution in [1.29, 1.82) is 0 Å². The molecule has 1 aromatic carbocycles. The second-order valence-electron chi connectivity index (χ2n) is 8.45. The molecule has 0 atom stereocenters. The molecule has 3 heterocycles. The van der Waals surface area contributed by atoms with Gasteiger partial charge in [0.25, 0.3) is 0 Å². The third kappa shape index (κ3) is 5.32. The summed E-state index contributed by atoms with van der Waals surface area (Å²) in [5.41, 5.74) is -0.184. The van der Waals surface area contributed by atoms with E-state index in [0.29, 0.717) is 22.8 Å². The molecule has 7 nitrogen and oxygen atoms in total. The van der Waals surface area contributed by atoms with E-state index < -0.39 is 15.4 Å². The molecule has 0 saturated carbocycles. The molecule has 32 heavy (non-hydrogen) atoms. The Labute approximate surface area is 189 Å². The van der Waals surface area contributed by atoms with E-state index in [1.807, 2.05) is 12.1 Å². The average molecular weight is 459 g/mol. The van der Waals surface area contributed by atoms with Gasteiger partial charge in [0.1, 0.15) is 11.5 Å². The lowest BCUT2D eigenvalue weighted by molar-refractivity contribution is 0.0171. The summed E-state index contributed by atoms with van der Waals surface area (Å²) in [5, 5.41) is 11.4. The van der Waals surface area contributed by atoms with Crippen LogP contribution in [0.5, 0.6) is 0 Å². The molecule has 1 saturated heterocycles. The van der Waals surface area contributed by atoms with Crippen molar-refractivity contribution in [1.82, 2.24) is 9.80 Å². The van der Waals surface area contributed by atoms with Crippen LogP contribution in [0.1, 0.15) is 29.9 Å². The molecule has 8 heteroatoms. The highest BCUT2D eigenvalue weighted by Crippen LogP contribution is 2.34. The number of hydrogen-bond donors (Lipinski definition) is 1. The Morgan fingerprint density at radius 3 is 2.06 bits per heavy atom. The van der Waals surface area contributed by atoms with Crippen LogP contribution in [0.2, 0.25) is 0 Å². The van der Waals surface area contributed by atoms with Crippen molar-refractivity contribution in [2.45, 2.75) is 29.9 Å². The van der Waals surface area contributed by atoms with Gasteiger partial charge < -0.3 is 18.8 Å². The van der Waals surface area contributed by atoms with Crippen LogP contribution in [0.25, 0.3) is 0 Å². The number of sulfone groups is 1. The van der Waals surface area contributed by atoms with E-state index >= 15 is 0 Å². The molecule has 0 aliphatic carbocycles. The molecular formula is C24H30N2O5S. The molecule has 1 fully saturated rings. The van der Waals surface area contributed by atoms with E-state index in [1.165, 1.54) is 6.26 Å². The maximum absolute atomic E-state index is 11.7. The molecule has 1 N–H and O–H groups in total. The van der Waals surface area contributed by atoms with Gasteiger partial charge in [-0.2, -0.15) is 0 Å². The Balaban J connectivity index is 1.34. The summed E-state index contributed by atoms with van der Waals surface area (Å²) in [6.45, 7) is 5.25. The Bertz CT molecular complexity index is 1040. The molecule has 0 spiro atoms. The van der Waals surface area contributed by atoms with Gasteiger partial charge in [-0.05, 0) is 61.5 Å². The van der Waals surface area contributed by atoms with Crippen LogP contribution in [0.4, 0.5) is 0 Å². The van der Waals surface area contributed by atoms with Crippen molar-refractivity contribution in [3.8, 4) is 0 Å². The van der Waals surface area contributed by atoms with Crippen molar-refractivity contribution in [3.05, 3.63) is 78.1 Å². The van der Waals surface area contributed by atoms with E-state index in [-0.39, 0.29) is 0 Å². The summed E-state index contributed by atoms with van der Waals surface area (Å²) in [6, 6.07) is 14.3. The minimum Gasteiger partial charge on any atom is -0.466 e. The van der Waals surface area contributed by atoms with Crippen molar-refractivity contribution >= 4 is 9.84 Å². The molecule has 0 bridgehead atoms. The van der Waals surface area contributed by atoms with Crippen molar-refractivity contribution in [2.24, 2.45) is 0 Å². The highest BCUT2D eigenvalue weighted by atomic mass is 32.2. The maximum Gasteiger partial charge on any atom is 0.181 e. The van der Waals surface area contributed by atoms with Gasteiger partial charge in [-0.15, -0.1) is 0 Å². The van der Waals surface area contributed by atoms with E-state index in [9.17, 15) is 13.5 Å². The van der Waals surface area contributed by atoms with Gasteiger partial charge >= 0.3 is 0 Å². The first-order valence-electron chi connectivity index (χ1n) is 10.9. The fraction of sp³-hybridized carbons (Fsp3) is 0.417. The third-order valence-electron chi connectivity index (χ3n) is 6.09. The van der Waals surface area contributed by atoms with Crippen molar-refractivity contribution in [3.63, 3.8) is 0 Å². The van der Waals surface area contributed by atoms with Gasteiger partial charge in [0.2, 0.25) is 0 Å². The first-order chi connectivity index (χ1) is 15.3. The molecule has 3 aromatic rings. The lowest BCUT2D eigenvalue weighted by atomic mass is 9.93. The normalized spacial score (nSPS) is 16.8. The maximum atomic E-state index is 11.7. The Hall–Kier alpha value is -2.39. The molecule has 172 valence electrons. The zero-order chi connectivity index (χ0) is 22.6. The van der Waals surface area contributed by atoms with Gasteiger partial charge in [-0.25, -0.2) is 8.42 Å². The number of aliphatic hydroxyl groups is 1. The molecule has 4 rings (SSSR count). The number of furan rings is 2. The molecule has 0 unspecified atom stereocenters. The zero-order valence-corrected chi connectivity index (χ0v) is 19.1. The van der Waals surface area contributed by atoms with Crippen LogP contribution >= 0.6 is 0 Å². The predicted octanol–water partition coefficient (Wildman–Crippen LogP) is 3.11. The summed E-state index contributed by atoms with van der Waals surface area (Å²) in [6.07, 6.45) is 5.86. The van der Waals surface area contributed by atoms with Crippen LogP contribution in [-0.4, -0.2) is 62.3 Å². The predicted molar refractivity (Wildman–Crippen MR) is 121 cm³/mol. The number of benzene rings is 1. The summed E-state index contributed by atoms with van der Waals surface area (Å²) < 4.78 is 34.4. The molecule has 1 aliphatic rings. The lowest BCUT2D eigenvalue weighted by Gasteiger charge is -2.28. The fourth-order valence-electron chi connectivity index (χ4n) is 4.22. The summed E-state index contributed by atoms with van der Waals surface area (Å²) in [5.74, 6) is 0.975. The highest BCUT2D eigenvalue weighted by Gasteiger charge is 2.37. The smallest absolute Gasteiger partial charge is 0.181 e. The Kier molecular flexibility index (Phi) is 6.85. The summed E-state index contributed by atoms with van der Waals surface area (Å²) in [4.78, 5) is 5.11. The Morgan fingerprint density at radius 2 is 1.50 bits per heavy atom. The lowest BCUT2D eigenvalue weighted by Crippen LogP contribution is -2.36. The first-order valence-corrected chi connectivity index (χ1v) is 12.8. The van der Waals surface area contributed by atoms with Crippen LogP contribution in [-0.2, 0) is 22.0 Å². The summed E-state index contributed by atoms with van der Waals surface area (Å²) >= 11 is 0. The molecule has 0 radical (unpaired) electrons. The minimum atomic E-state index is -3.17. The quantitative estimate of drug-likeness (QED) is 0.555. The van der Waals surface area contributed by atoms with Crippen molar-refractivity contribution < 1.29 is 22.4 Å². The number of rotatable bonds is 8. The summed E-state index contributed by atoms with van der Waals surface area (Å²) in [7, 11) is -3.17. The van der Waals surface area contributed by atoms with Crippen LogP contribution in [0.3, 0.4) is 0 Å². The monoisotopic (exact) mass is 458 g/mol. The van der Waals surface area contributed by atoms with Gasteiger partial charge in [0, 0.05) is 38.9 Å². The van der Waals surface area contributed by atoms with Crippen LogP contribution in [0, 0.1) is 0 Å². The van der Waals surface area contributed by atoms with E-state index in [2.05, 4.69) is 9.80 Å². The fourth-order valence-corrected chi connectivity index (χ4v) is 4.85. The first kappa shape index (κ1) is 22.8. The second-order valence-corrected chi connectivity index (χ2v) is 10.5. The van der Waals surface area contributed by atoms with Crippen molar-refractivity contribution in [2.75, 3.05) is 39.0 Å². The minimum absolute atomic E-state index is 0.351. The van der Waals surface area contributed by atoms with Gasteiger partial charge in [-0.1, -0.05) is 12.1 Å². The van der Waals surface area contributed by atoms with Crippen LogP contribution < -0.4 is 0 Å². The van der Waals surface area contributed by atoms with Gasteiger partial charge in [-0.3, -0.25) is 4.90 Å². The average Bonchev–Trinajstić information content (AvgIpc) is 3.46. The second kappa shape index (κ2) is 9.62. The van der Waals surface area contributed by atoms with Gasteiger partial charge in [0.15, 0.2) is 15.4 Å². The standard InChI is InChI=1S/C24H30N2O5S/c1-32(28,29)21-9-7-20(8-10-21)19-26-13-4-12-25(15-16-26)14-11-24(27,22-5-2-17-30-22)23-6-3-18-31-23/h2-3,5-10,17-18,27H,4,11-16,19H2,1H3.